The Bertz CT molecular complexity index is 47.4. The third kappa shape index (κ3) is 11.7. The summed E-state index contributed by atoms with van der Waals surface area (Å²) in [5.41, 5.74) is 0. The summed E-state index contributed by atoms with van der Waals surface area (Å²) in [4.78, 5) is 0. The normalized spacial score (nSPS) is 9.00. The Morgan fingerprint density at radius 2 is 1.40 bits per heavy atom. The van der Waals surface area contributed by atoms with E-state index < -0.39 is 0 Å². The maximum atomic E-state index is 3.39. The first-order chi connectivity index (χ1) is 4.41. The van der Waals surface area contributed by atoms with Crippen molar-refractivity contribution in [2.24, 2.45) is 0 Å². The Labute approximate surface area is 88.7 Å². The summed E-state index contributed by atoms with van der Waals surface area (Å²) in [6.07, 6.45) is 5.26. The molecule has 0 heterocycles. The molecule has 1 N–H and O–H groups in total. The molecule has 0 atom stereocenters. The Morgan fingerprint density at radius 3 is 1.70 bits per heavy atom. The van der Waals surface area contributed by atoms with E-state index in [1.807, 2.05) is 0 Å². The van der Waals surface area contributed by atoms with Crippen LogP contribution in [0.2, 0.25) is 0 Å². The topological polar surface area (TPSA) is 12.0 Å². The van der Waals surface area contributed by atoms with Crippen molar-refractivity contribution < 1.29 is 31.0 Å². The van der Waals surface area contributed by atoms with Crippen LogP contribution >= 0.6 is 0 Å². The van der Waals surface area contributed by atoms with Gasteiger partial charge in [-0.05, 0) is 25.9 Å². The van der Waals surface area contributed by atoms with Gasteiger partial charge in [-0.15, -0.1) is 0 Å². The largest absolute Gasteiger partial charge is 1.00 e. The van der Waals surface area contributed by atoms with Crippen molar-refractivity contribution in [3.8, 4) is 0 Å². The summed E-state index contributed by atoms with van der Waals surface area (Å²) in [6.45, 7) is 6.86. The molecule has 2 heteroatoms. The van der Waals surface area contributed by atoms with Gasteiger partial charge in [0, 0.05) is 0 Å². The van der Waals surface area contributed by atoms with Crippen molar-refractivity contribution in [1.82, 2.24) is 5.32 Å². The van der Waals surface area contributed by atoms with Gasteiger partial charge in [0.1, 0.15) is 0 Å². The maximum absolute atomic E-state index is 3.39. The smallest absolute Gasteiger partial charge is 1.00 e. The fourth-order valence-corrected chi connectivity index (χ4v) is 0.729. The minimum absolute atomic E-state index is 0. The van der Waals surface area contributed by atoms with E-state index in [1.165, 1.54) is 38.8 Å². The van der Waals surface area contributed by atoms with Gasteiger partial charge >= 0.3 is 29.6 Å². The van der Waals surface area contributed by atoms with Gasteiger partial charge in [-0.3, -0.25) is 0 Å². The van der Waals surface area contributed by atoms with Crippen LogP contribution in [-0.4, -0.2) is 13.1 Å². The average Bonchev–Trinajstić information content (AvgIpc) is 1.89. The van der Waals surface area contributed by atoms with Crippen molar-refractivity contribution in [3.05, 3.63) is 0 Å². The second kappa shape index (κ2) is 12.6. The van der Waals surface area contributed by atoms with Crippen molar-refractivity contribution in [2.75, 3.05) is 13.1 Å². The standard InChI is InChI=1S/C8H19N.Na.H/c1-3-5-7-9-8-6-4-2;;/h9H,3-8H2,1-2H3;;/q;+1;-1. The summed E-state index contributed by atoms with van der Waals surface area (Å²) >= 11 is 0. The number of rotatable bonds is 6. The third-order valence-electron chi connectivity index (χ3n) is 1.41. The SMILES string of the molecule is CCCCNCCCC.[H-].[Na+]. The Morgan fingerprint density at radius 1 is 1.00 bits per heavy atom. The van der Waals surface area contributed by atoms with Crippen LogP contribution in [0.15, 0.2) is 0 Å². The number of unbranched alkanes of at least 4 members (excludes halogenated alkanes) is 2. The number of hydrogen-bond donors (Lipinski definition) is 1. The van der Waals surface area contributed by atoms with Crippen LogP contribution < -0.4 is 34.9 Å². The van der Waals surface area contributed by atoms with E-state index >= 15 is 0 Å². The van der Waals surface area contributed by atoms with Gasteiger partial charge in [-0.25, -0.2) is 0 Å². The average molecular weight is 153 g/mol. The molecular weight excluding hydrogens is 133 g/mol. The molecule has 0 rings (SSSR count). The molecule has 0 aromatic carbocycles. The molecule has 0 aliphatic carbocycles. The molecule has 0 aromatic rings. The summed E-state index contributed by atoms with van der Waals surface area (Å²) in [7, 11) is 0. The van der Waals surface area contributed by atoms with E-state index in [9.17, 15) is 0 Å². The molecular formula is C8H20NNa. The second-order valence-corrected chi connectivity index (χ2v) is 2.46. The van der Waals surface area contributed by atoms with E-state index in [-0.39, 0.29) is 31.0 Å². The Hall–Kier alpha value is 0.960. The zero-order valence-corrected chi connectivity index (χ0v) is 9.74. The van der Waals surface area contributed by atoms with E-state index in [1.54, 1.807) is 0 Å². The van der Waals surface area contributed by atoms with Gasteiger partial charge in [0.05, 0.1) is 0 Å². The van der Waals surface area contributed by atoms with Gasteiger partial charge in [-0.1, -0.05) is 26.7 Å². The van der Waals surface area contributed by atoms with Gasteiger partial charge < -0.3 is 6.74 Å². The predicted octanol–water partition coefficient (Wildman–Crippen LogP) is -0.707. The quantitative estimate of drug-likeness (QED) is 0.393. The zero-order valence-electron chi connectivity index (χ0n) is 8.74. The molecule has 58 valence electrons. The first-order valence-corrected chi connectivity index (χ1v) is 4.12. The molecule has 10 heavy (non-hydrogen) atoms. The molecule has 0 saturated heterocycles. The van der Waals surface area contributed by atoms with Crippen molar-refractivity contribution in [3.63, 3.8) is 0 Å². The maximum Gasteiger partial charge on any atom is 1.00 e. The molecule has 0 aliphatic heterocycles. The number of nitrogens with one attached hydrogen (secondary N) is 1. The van der Waals surface area contributed by atoms with Crippen LogP contribution in [-0.2, 0) is 0 Å². The molecule has 1 nitrogen and oxygen atoms in total. The van der Waals surface area contributed by atoms with Crippen molar-refractivity contribution in [2.45, 2.75) is 39.5 Å². The first-order valence-electron chi connectivity index (χ1n) is 4.12. The van der Waals surface area contributed by atoms with Crippen molar-refractivity contribution in [1.29, 1.82) is 0 Å². The van der Waals surface area contributed by atoms with Crippen molar-refractivity contribution >= 4 is 0 Å². The molecule has 0 bridgehead atoms. The first kappa shape index (κ1) is 13.5. The molecule has 0 amide bonds. The molecule has 0 aliphatic rings. The molecule has 0 aromatic heterocycles. The fourth-order valence-electron chi connectivity index (χ4n) is 0.729. The molecule has 0 radical (unpaired) electrons. The fraction of sp³-hybridized carbons (Fsp3) is 1.00. The van der Waals surface area contributed by atoms with Crippen LogP contribution in [0, 0.1) is 0 Å². The van der Waals surface area contributed by atoms with Gasteiger partial charge in [0.2, 0.25) is 0 Å². The summed E-state index contributed by atoms with van der Waals surface area (Å²) in [6, 6.07) is 0. The van der Waals surface area contributed by atoms with Gasteiger partial charge in [0.15, 0.2) is 0 Å². The van der Waals surface area contributed by atoms with E-state index in [4.69, 9.17) is 0 Å². The predicted molar refractivity (Wildman–Crippen MR) is 43.8 cm³/mol. The van der Waals surface area contributed by atoms with E-state index in [0.29, 0.717) is 0 Å². The summed E-state index contributed by atoms with van der Waals surface area (Å²) in [5, 5.41) is 3.39. The minimum Gasteiger partial charge on any atom is -1.00 e. The summed E-state index contributed by atoms with van der Waals surface area (Å²) in [5.74, 6) is 0. The number of hydrogen-bond acceptors (Lipinski definition) is 1. The van der Waals surface area contributed by atoms with Crippen LogP contribution in [0.5, 0.6) is 0 Å². The monoisotopic (exact) mass is 153 g/mol. The van der Waals surface area contributed by atoms with Crippen LogP contribution in [0.3, 0.4) is 0 Å². The van der Waals surface area contributed by atoms with Gasteiger partial charge in [0.25, 0.3) is 0 Å². The zero-order chi connectivity index (χ0) is 6.95. The van der Waals surface area contributed by atoms with E-state index in [0.717, 1.165) is 0 Å². The second-order valence-electron chi connectivity index (χ2n) is 2.46. The molecule has 0 spiro atoms. The Kier molecular flexibility index (Phi) is 17.1. The molecule has 0 fully saturated rings. The van der Waals surface area contributed by atoms with Crippen LogP contribution in [0.4, 0.5) is 0 Å². The third-order valence-corrected chi connectivity index (χ3v) is 1.41. The van der Waals surface area contributed by atoms with Gasteiger partial charge in [-0.2, -0.15) is 0 Å². The summed E-state index contributed by atoms with van der Waals surface area (Å²) < 4.78 is 0. The minimum atomic E-state index is 0. The molecule has 0 saturated carbocycles. The van der Waals surface area contributed by atoms with E-state index in [2.05, 4.69) is 19.2 Å². The van der Waals surface area contributed by atoms with Crippen LogP contribution in [0.25, 0.3) is 0 Å². The van der Waals surface area contributed by atoms with Crippen LogP contribution in [0.1, 0.15) is 41.0 Å². The molecule has 0 unspecified atom stereocenters. The Balaban J connectivity index is -0.000000320.